The minimum Gasteiger partial charge on any atom is -0.493 e. The SMILES string of the molecule is COc1cc2nccc(Oc3ccc(NC(=O)/C(=C/NC(C)C)C(=O)Nc4ccc(F)cc4)c(C)c3C)c2cc1OC. The largest absolute Gasteiger partial charge is 0.493 e. The maximum absolute atomic E-state index is 13.3. The Hall–Kier alpha value is -5.12. The summed E-state index contributed by atoms with van der Waals surface area (Å²) in [6, 6.07) is 14.1. The quantitative estimate of drug-likeness (QED) is 0.117. The molecular weight excluding hydrogens is 539 g/mol. The van der Waals surface area contributed by atoms with Crippen LogP contribution in [0.15, 0.2) is 72.6 Å². The van der Waals surface area contributed by atoms with Crippen molar-refractivity contribution in [2.45, 2.75) is 33.7 Å². The lowest BCUT2D eigenvalue weighted by atomic mass is 10.1. The number of aromatic nitrogens is 1. The van der Waals surface area contributed by atoms with Gasteiger partial charge in [0.05, 0.1) is 19.7 Å². The highest BCUT2D eigenvalue weighted by Gasteiger charge is 2.21. The van der Waals surface area contributed by atoms with Gasteiger partial charge in [-0.1, -0.05) is 0 Å². The Morgan fingerprint density at radius 2 is 1.50 bits per heavy atom. The number of hydrogen-bond acceptors (Lipinski definition) is 7. The van der Waals surface area contributed by atoms with Crippen molar-refractivity contribution in [2.24, 2.45) is 0 Å². The predicted molar refractivity (Wildman–Crippen MR) is 161 cm³/mol. The first-order chi connectivity index (χ1) is 20.1. The Kier molecular flexibility index (Phi) is 9.26. The summed E-state index contributed by atoms with van der Waals surface area (Å²) in [6.07, 6.45) is 3.02. The minimum atomic E-state index is -0.641. The van der Waals surface area contributed by atoms with Crippen LogP contribution in [0.5, 0.6) is 23.0 Å². The summed E-state index contributed by atoms with van der Waals surface area (Å²) in [6.45, 7) is 7.50. The second kappa shape index (κ2) is 13.0. The summed E-state index contributed by atoms with van der Waals surface area (Å²) in [5, 5.41) is 9.21. The Morgan fingerprint density at radius 1 is 0.833 bits per heavy atom. The van der Waals surface area contributed by atoms with E-state index in [2.05, 4.69) is 20.9 Å². The van der Waals surface area contributed by atoms with Gasteiger partial charge in [-0.15, -0.1) is 0 Å². The van der Waals surface area contributed by atoms with Crippen LogP contribution in [0, 0.1) is 19.7 Å². The van der Waals surface area contributed by atoms with Crippen LogP contribution in [0.1, 0.15) is 25.0 Å². The lowest BCUT2D eigenvalue weighted by Gasteiger charge is -2.17. The third kappa shape index (κ3) is 6.77. The van der Waals surface area contributed by atoms with Gasteiger partial charge in [0, 0.05) is 41.3 Å². The molecule has 0 saturated carbocycles. The van der Waals surface area contributed by atoms with Crippen LogP contribution in [-0.2, 0) is 9.59 Å². The van der Waals surface area contributed by atoms with Crippen molar-refractivity contribution >= 4 is 34.1 Å². The molecule has 42 heavy (non-hydrogen) atoms. The summed E-state index contributed by atoms with van der Waals surface area (Å²) in [5.74, 6) is 0.580. The maximum atomic E-state index is 13.3. The number of rotatable bonds is 10. The number of anilines is 2. The van der Waals surface area contributed by atoms with Crippen molar-refractivity contribution in [3.63, 3.8) is 0 Å². The average molecular weight is 573 g/mol. The molecule has 4 rings (SSSR count). The van der Waals surface area contributed by atoms with Gasteiger partial charge < -0.3 is 30.2 Å². The van der Waals surface area contributed by atoms with Crippen LogP contribution in [0.2, 0.25) is 0 Å². The molecule has 1 aromatic heterocycles. The minimum absolute atomic E-state index is 0.0165. The number of ether oxygens (including phenoxy) is 3. The summed E-state index contributed by atoms with van der Waals surface area (Å²) in [4.78, 5) is 30.8. The second-order valence-electron chi connectivity index (χ2n) is 9.79. The first-order valence-electron chi connectivity index (χ1n) is 13.2. The van der Waals surface area contributed by atoms with Gasteiger partial charge in [0.25, 0.3) is 11.8 Å². The molecule has 2 amide bonds. The van der Waals surface area contributed by atoms with Crippen molar-refractivity contribution in [1.29, 1.82) is 0 Å². The molecule has 218 valence electrons. The van der Waals surface area contributed by atoms with Gasteiger partial charge in [-0.25, -0.2) is 4.39 Å². The van der Waals surface area contributed by atoms with Crippen molar-refractivity contribution in [1.82, 2.24) is 10.3 Å². The van der Waals surface area contributed by atoms with Crippen molar-refractivity contribution in [2.75, 3.05) is 24.9 Å². The van der Waals surface area contributed by atoms with Gasteiger partial charge in [0.2, 0.25) is 0 Å². The number of methoxy groups -OCH3 is 2. The van der Waals surface area contributed by atoms with E-state index in [-0.39, 0.29) is 11.6 Å². The molecule has 3 aromatic carbocycles. The molecule has 0 saturated heterocycles. The summed E-state index contributed by atoms with van der Waals surface area (Å²) in [5.41, 5.74) is 2.96. The topological polar surface area (TPSA) is 111 Å². The number of carbonyl (C=O) groups is 2. The fourth-order valence-electron chi connectivity index (χ4n) is 4.10. The first-order valence-corrected chi connectivity index (χ1v) is 13.2. The Morgan fingerprint density at radius 3 is 2.17 bits per heavy atom. The fraction of sp³-hybridized carbons (Fsp3) is 0.219. The summed E-state index contributed by atoms with van der Waals surface area (Å²) >= 11 is 0. The molecule has 9 nitrogen and oxygen atoms in total. The van der Waals surface area contributed by atoms with E-state index in [1.807, 2.05) is 33.8 Å². The van der Waals surface area contributed by atoms with E-state index in [0.717, 1.165) is 16.5 Å². The number of carbonyl (C=O) groups excluding carboxylic acids is 2. The van der Waals surface area contributed by atoms with Gasteiger partial charge in [-0.2, -0.15) is 0 Å². The number of pyridine rings is 1. The molecule has 0 spiro atoms. The van der Waals surface area contributed by atoms with Crippen molar-refractivity contribution in [3.8, 4) is 23.0 Å². The number of nitrogens with zero attached hydrogens (tertiary/aromatic N) is 1. The Bertz CT molecular complexity index is 1650. The molecule has 0 radical (unpaired) electrons. The average Bonchev–Trinajstić information content (AvgIpc) is 2.97. The molecule has 0 aliphatic carbocycles. The zero-order valence-corrected chi connectivity index (χ0v) is 24.3. The van der Waals surface area contributed by atoms with E-state index < -0.39 is 17.6 Å². The van der Waals surface area contributed by atoms with E-state index in [0.29, 0.717) is 39.9 Å². The summed E-state index contributed by atoms with van der Waals surface area (Å²) in [7, 11) is 3.13. The first kappa shape index (κ1) is 29.9. The summed E-state index contributed by atoms with van der Waals surface area (Å²) < 4.78 is 30.4. The molecule has 0 fully saturated rings. The molecule has 0 bridgehead atoms. The number of halogens is 1. The zero-order chi connectivity index (χ0) is 30.4. The van der Waals surface area contributed by atoms with E-state index in [9.17, 15) is 14.0 Å². The monoisotopic (exact) mass is 572 g/mol. The van der Waals surface area contributed by atoms with Gasteiger partial charge in [-0.3, -0.25) is 14.6 Å². The molecule has 3 N–H and O–H groups in total. The smallest absolute Gasteiger partial charge is 0.262 e. The Balaban J connectivity index is 1.58. The molecular formula is C32H33FN4O5. The predicted octanol–water partition coefficient (Wildman–Crippen LogP) is 6.26. The number of hydrogen-bond donors (Lipinski definition) is 3. The fourth-order valence-corrected chi connectivity index (χ4v) is 4.10. The number of amides is 2. The van der Waals surface area contributed by atoms with E-state index in [1.54, 1.807) is 44.7 Å². The third-order valence-electron chi connectivity index (χ3n) is 6.56. The van der Waals surface area contributed by atoms with Gasteiger partial charge in [-0.05, 0) is 87.4 Å². The third-order valence-corrected chi connectivity index (χ3v) is 6.56. The molecule has 0 unspecified atom stereocenters. The number of nitrogens with one attached hydrogen (secondary N) is 3. The number of benzene rings is 3. The van der Waals surface area contributed by atoms with Crippen LogP contribution in [-0.4, -0.2) is 37.1 Å². The highest BCUT2D eigenvalue weighted by atomic mass is 19.1. The van der Waals surface area contributed by atoms with Crippen LogP contribution >= 0.6 is 0 Å². The van der Waals surface area contributed by atoms with Crippen LogP contribution in [0.25, 0.3) is 10.9 Å². The van der Waals surface area contributed by atoms with Gasteiger partial charge in [0.1, 0.15) is 22.9 Å². The second-order valence-corrected chi connectivity index (χ2v) is 9.79. The van der Waals surface area contributed by atoms with Crippen molar-refractivity contribution < 1.29 is 28.2 Å². The number of fused-ring (bicyclic) bond motifs is 1. The van der Waals surface area contributed by atoms with Gasteiger partial charge >= 0.3 is 0 Å². The Labute approximate surface area is 243 Å². The molecule has 1 heterocycles. The lowest BCUT2D eigenvalue weighted by molar-refractivity contribution is -0.118. The van der Waals surface area contributed by atoms with Crippen molar-refractivity contribution in [3.05, 3.63) is 89.5 Å². The molecule has 0 aliphatic heterocycles. The van der Waals surface area contributed by atoms with E-state index >= 15 is 0 Å². The molecule has 0 atom stereocenters. The van der Waals surface area contributed by atoms with Gasteiger partial charge in [0.15, 0.2) is 11.5 Å². The normalized spacial score (nSPS) is 11.3. The zero-order valence-electron chi connectivity index (χ0n) is 24.3. The molecule has 4 aromatic rings. The van der Waals surface area contributed by atoms with Crippen LogP contribution in [0.4, 0.5) is 15.8 Å². The standard InChI is InChI=1S/C32H33FN4O5/c1-18(2)35-17-24(31(38)36-22-9-7-21(33)8-10-22)32(39)37-25-11-12-27(20(4)19(25)3)42-28-13-14-34-26-16-30(41-6)29(40-5)15-23(26)28/h7-18,35H,1-6H3,(H,36,38)(H,37,39)/b24-17+. The van der Waals surface area contributed by atoms with Crippen LogP contribution in [0.3, 0.4) is 0 Å². The lowest BCUT2D eigenvalue weighted by Crippen LogP contribution is -2.29. The van der Waals surface area contributed by atoms with E-state index in [4.69, 9.17) is 14.2 Å². The van der Waals surface area contributed by atoms with E-state index in [1.165, 1.54) is 30.5 Å². The molecule has 10 heteroatoms. The highest BCUT2D eigenvalue weighted by Crippen LogP contribution is 2.38. The molecule has 0 aliphatic rings. The maximum Gasteiger partial charge on any atom is 0.262 e. The highest BCUT2D eigenvalue weighted by molar-refractivity contribution is 6.26. The van der Waals surface area contributed by atoms with Crippen LogP contribution < -0.4 is 30.2 Å².